The normalized spacial score (nSPS) is 20.4. The van der Waals surface area contributed by atoms with E-state index >= 15 is 0 Å². The van der Waals surface area contributed by atoms with Gasteiger partial charge in [0.25, 0.3) is 0 Å². The van der Waals surface area contributed by atoms with Crippen molar-refractivity contribution in [1.82, 2.24) is 0 Å². The average Bonchev–Trinajstić information content (AvgIpc) is 2.59. The Bertz CT molecular complexity index is 600. The molecule has 0 radical (unpaired) electrons. The lowest BCUT2D eigenvalue weighted by molar-refractivity contribution is 0.0698. The number of isothiocyanates is 1. The molecular weight excluding hydrogens is 318 g/mol. The predicted octanol–water partition coefficient (Wildman–Crippen LogP) is 6.36. The zero-order valence-electron chi connectivity index (χ0n) is 14.5. The van der Waals surface area contributed by atoms with E-state index in [-0.39, 0.29) is 5.56 Å². The molecule has 0 atom stereocenters. The molecule has 24 heavy (non-hydrogen) atoms. The molecule has 0 amide bonds. The molecule has 4 heteroatoms. The van der Waals surface area contributed by atoms with Crippen LogP contribution in [0.2, 0.25) is 0 Å². The molecule has 1 aliphatic carbocycles. The monoisotopic (exact) mass is 345 g/mol. The van der Waals surface area contributed by atoms with Gasteiger partial charge in [0.05, 0.1) is 16.4 Å². The lowest BCUT2D eigenvalue weighted by Crippen LogP contribution is -2.13. The third kappa shape index (κ3) is 5.25. The largest absolute Gasteiger partial charge is 0.478 e. The molecule has 0 spiro atoms. The van der Waals surface area contributed by atoms with Crippen molar-refractivity contribution in [2.75, 3.05) is 0 Å². The van der Waals surface area contributed by atoms with E-state index in [2.05, 4.69) is 29.3 Å². The third-order valence-corrected chi connectivity index (χ3v) is 5.29. The van der Waals surface area contributed by atoms with Crippen LogP contribution in [-0.2, 0) is 0 Å². The average molecular weight is 346 g/mol. The van der Waals surface area contributed by atoms with Gasteiger partial charge in [0.2, 0.25) is 0 Å². The van der Waals surface area contributed by atoms with Gasteiger partial charge in [0.15, 0.2) is 0 Å². The Balaban J connectivity index is 1.95. The van der Waals surface area contributed by atoms with Gasteiger partial charge in [-0.2, -0.15) is 4.99 Å². The third-order valence-electron chi connectivity index (χ3n) is 5.20. The molecule has 2 rings (SSSR count). The number of aliphatic imine (C=N–C) groups is 1. The number of unbranched alkanes of at least 4 members (excludes halogenated alkanes) is 3. The van der Waals surface area contributed by atoms with Gasteiger partial charge < -0.3 is 5.11 Å². The van der Waals surface area contributed by atoms with Crippen molar-refractivity contribution in [3.05, 3.63) is 29.3 Å². The van der Waals surface area contributed by atoms with E-state index in [9.17, 15) is 9.90 Å². The molecule has 0 heterocycles. The topological polar surface area (TPSA) is 49.7 Å². The van der Waals surface area contributed by atoms with Crippen LogP contribution in [0.5, 0.6) is 0 Å². The Kier molecular flexibility index (Phi) is 7.61. The summed E-state index contributed by atoms with van der Waals surface area (Å²) in [6, 6.07) is 5.48. The Morgan fingerprint density at radius 1 is 1.25 bits per heavy atom. The second-order valence-electron chi connectivity index (χ2n) is 6.85. The van der Waals surface area contributed by atoms with Crippen molar-refractivity contribution in [2.45, 2.75) is 70.6 Å². The zero-order valence-corrected chi connectivity index (χ0v) is 15.3. The number of thiocarbonyl (C=S) groups is 1. The minimum absolute atomic E-state index is 0.195. The van der Waals surface area contributed by atoms with Crippen LogP contribution in [0.1, 0.15) is 86.6 Å². The lowest BCUT2D eigenvalue weighted by Gasteiger charge is -2.29. The van der Waals surface area contributed by atoms with E-state index in [4.69, 9.17) is 0 Å². The van der Waals surface area contributed by atoms with Crippen LogP contribution < -0.4 is 0 Å². The Labute approximate surface area is 150 Å². The standard InChI is InChI=1S/C20H27NO2S/c1-2-3-4-5-6-15-7-9-16(10-8-15)17-11-12-18(20(22)23)19(13-17)21-14-24/h11-13,15-16H,2-10H2,1H3,(H,22,23). The van der Waals surface area contributed by atoms with Crippen LogP contribution in [0.15, 0.2) is 23.2 Å². The lowest BCUT2D eigenvalue weighted by atomic mass is 9.77. The molecule has 1 fully saturated rings. The number of aromatic carboxylic acids is 1. The smallest absolute Gasteiger partial charge is 0.337 e. The van der Waals surface area contributed by atoms with Crippen molar-refractivity contribution < 1.29 is 9.90 Å². The van der Waals surface area contributed by atoms with Gasteiger partial charge in [-0.3, -0.25) is 0 Å². The van der Waals surface area contributed by atoms with Crippen LogP contribution in [0.4, 0.5) is 5.69 Å². The maximum absolute atomic E-state index is 11.3. The second-order valence-corrected chi connectivity index (χ2v) is 7.03. The van der Waals surface area contributed by atoms with Crippen molar-refractivity contribution in [1.29, 1.82) is 0 Å². The fourth-order valence-electron chi connectivity index (χ4n) is 3.77. The van der Waals surface area contributed by atoms with Crippen molar-refractivity contribution in [2.24, 2.45) is 10.9 Å². The van der Waals surface area contributed by atoms with E-state index in [1.54, 1.807) is 6.07 Å². The summed E-state index contributed by atoms with van der Waals surface area (Å²) in [5.41, 5.74) is 1.81. The highest BCUT2D eigenvalue weighted by Gasteiger charge is 2.23. The first kappa shape index (κ1) is 18.8. The second kappa shape index (κ2) is 9.71. The summed E-state index contributed by atoms with van der Waals surface area (Å²) in [7, 11) is 0. The van der Waals surface area contributed by atoms with Gasteiger partial charge in [0.1, 0.15) is 0 Å². The number of benzene rings is 1. The van der Waals surface area contributed by atoms with Crippen LogP contribution in [0.3, 0.4) is 0 Å². The number of rotatable bonds is 8. The molecular formula is C20H27NO2S. The Hall–Kier alpha value is -1.51. The van der Waals surface area contributed by atoms with Crippen LogP contribution in [-0.4, -0.2) is 16.2 Å². The number of nitrogens with zero attached hydrogens (tertiary/aromatic N) is 1. The molecule has 1 saturated carbocycles. The minimum atomic E-state index is -0.971. The minimum Gasteiger partial charge on any atom is -0.478 e. The number of hydrogen-bond acceptors (Lipinski definition) is 3. The zero-order chi connectivity index (χ0) is 17.4. The fourth-order valence-corrected chi connectivity index (χ4v) is 3.87. The highest BCUT2D eigenvalue weighted by molar-refractivity contribution is 7.78. The van der Waals surface area contributed by atoms with E-state index in [1.807, 2.05) is 12.1 Å². The van der Waals surface area contributed by atoms with E-state index in [1.165, 1.54) is 63.4 Å². The van der Waals surface area contributed by atoms with Gasteiger partial charge in [-0.1, -0.05) is 45.1 Å². The molecule has 1 aromatic rings. The molecule has 1 aliphatic rings. The molecule has 1 aromatic carbocycles. The molecule has 0 aliphatic heterocycles. The van der Waals surface area contributed by atoms with Crippen molar-refractivity contribution in [3.8, 4) is 0 Å². The summed E-state index contributed by atoms with van der Waals surface area (Å²) in [4.78, 5) is 15.2. The number of carboxylic acids is 1. The van der Waals surface area contributed by atoms with E-state index in [0.717, 1.165) is 5.92 Å². The van der Waals surface area contributed by atoms with Gasteiger partial charge in [-0.25, -0.2) is 4.79 Å². The molecule has 0 saturated heterocycles. The maximum atomic E-state index is 11.3. The van der Waals surface area contributed by atoms with Crippen LogP contribution in [0.25, 0.3) is 0 Å². The first-order chi connectivity index (χ1) is 11.7. The summed E-state index contributed by atoms with van der Waals surface area (Å²) in [5, 5.41) is 11.5. The number of carboxylic acid groups (broad SMARTS) is 1. The molecule has 0 bridgehead atoms. The highest BCUT2D eigenvalue weighted by atomic mass is 32.1. The SMILES string of the molecule is CCCCCCC1CCC(c2ccc(C(=O)O)c(N=C=S)c2)CC1. The summed E-state index contributed by atoms with van der Waals surface area (Å²) in [5.74, 6) is 0.412. The Morgan fingerprint density at radius 2 is 2.00 bits per heavy atom. The van der Waals surface area contributed by atoms with Crippen LogP contribution in [0, 0.1) is 5.92 Å². The molecule has 1 N–H and O–H groups in total. The Morgan fingerprint density at radius 3 is 2.62 bits per heavy atom. The van der Waals surface area contributed by atoms with Gasteiger partial charge in [-0.05, 0) is 67.4 Å². The first-order valence-corrected chi connectivity index (χ1v) is 9.51. The molecule has 3 nitrogen and oxygen atoms in total. The summed E-state index contributed by atoms with van der Waals surface area (Å²) < 4.78 is 0. The summed E-state index contributed by atoms with van der Waals surface area (Å²) in [6.07, 6.45) is 11.7. The van der Waals surface area contributed by atoms with Gasteiger partial charge in [-0.15, -0.1) is 0 Å². The summed E-state index contributed by atoms with van der Waals surface area (Å²) >= 11 is 4.64. The molecule has 0 unspecified atom stereocenters. The van der Waals surface area contributed by atoms with Gasteiger partial charge in [0, 0.05) is 0 Å². The summed E-state index contributed by atoms with van der Waals surface area (Å²) in [6.45, 7) is 2.25. The highest BCUT2D eigenvalue weighted by Crippen LogP contribution is 2.39. The predicted molar refractivity (Wildman–Crippen MR) is 102 cm³/mol. The van der Waals surface area contributed by atoms with E-state index in [0.29, 0.717) is 11.6 Å². The maximum Gasteiger partial charge on any atom is 0.337 e. The van der Waals surface area contributed by atoms with Crippen molar-refractivity contribution in [3.63, 3.8) is 0 Å². The number of carbonyl (C=O) groups is 1. The fraction of sp³-hybridized carbons (Fsp3) is 0.600. The van der Waals surface area contributed by atoms with Crippen LogP contribution >= 0.6 is 12.2 Å². The molecule has 130 valence electrons. The van der Waals surface area contributed by atoms with Crippen molar-refractivity contribution >= 4 is 29.0 Å². The quantitative estimate of drug-likeness (QED) is 0.338. The first-order valence-electron chi connectivity index (χ1n) is 9.10. The van der Waals surface area contributed by atoms with E-state index < -0.39 is 5.97 Å². The van der Waals surface area contributed by atoms with Gasteiger partial charge >= 0.3 is 5.97 Å². The molecule has 0 aromatic heterocycles. The number of hydrogen-bond donors (Lipinski definition) is 1.